The van der Waals surface area contributed by atoms with Gasteiger partial charge in [0.1, 0.15) is 25.1 Å². The zero-order valence-corrected chi connectivity index (χ0v) is 22.2. The van der Waals surface area contributed by atoms with E-state index in [0.717, 1.165) is 24.0 Å². The molecule has 2 amide bonds. The van der Waals surface area contributed by atoms with E-state index >= 15 is 4.39 Å². The van der Waals surface area contributed by atoms with Crippen LogP contribution >= 0.6 is 0 Å². The molecule has 0 bridgehead atoms. The second kappa shape index (κ2) is 9.54. The van der Waals surface area contributed by atoms with Crippen LogP contribution in [0.4, 0.5) is 10.1 Å². The van der Waals surface area contributed by atoms with E-state index in [1.807, 2.05) is 26.0 Å². The number of fused-ring (bicyclic) bond motifs is 4. The van der Waals surface area contributed by atoms with Gasteiger partial charge in [0.2, 0.25) is 5.91 Å². The minimum Gasteiger partial charge on any atom is -0.486 e. The number of benzene rings is 2. The molecule has 2 aliphatic carbocycles. The standard InChI is InChI=1S/C30H33FN2O6/c1-30(2)7-5-17-14-19(15-22(31)25(17)30)32-28(36)26-20-3-4-23-27(39-10-9-38-23)21(20)6-8-33(26)29(37)18-11-16(12-18)13-24(34)35/h3-4,14-16,18,26H,5-13H2,1-2H3,(H,32,36)(H,34,35)/t16?,18?,26-/m1/s1. The first-order chi connectivity index (χ1) is 18.6. The zero-order chi connectivity index (χ0) is 27.5. The Morgan fingerprint density at radius 3 is 2.67 bits per heavy atom. The number of hydrogen-bond acceptors (Lipinski definition) is 5. The number of hydrogen-bond donors (Lipinski definition) is 2. The third-order valence-corrected chi connectivity index (χ3v) is 8.77. The van der Waals surface area contributed by atoms with E-state index in [2.05, 4.69) is 5.32 Å². The number of nitrogens with one attached hydrogen (secondary N) is 1. The molecule has 1 fully saturated rings. The largest absolute Gasteiger partial charge is 0.486 e. The van der Waals surface area contributed by atoms with Crippen molar-refractivity contribution in [2.24, 2.45) is 11.8 Å². The predicted octanol–water partition coefficient (Wildman–Crippen LogP) is 4.39. The molecule has 8 nitrogen and oxygen atoms in total. The fourth-order valence-corrected chi connectivity index (χ4v) is 6.81. The van der Waals surface area contributed by atoms with E-state index in [-0.39, 0.29) is 35.4 Å². The van der Waals surface area contributed by atoms with Crippen molar-refractivity contribution in [1.29, 1.82) is 0 Å². The molecule has 0 aromatic heterocycles. The van der Waals surface area contributed by atoms with Crippen LogP contribution in [-0.2, 0) is 32.6 Å². The highest BCUT2D eigenvalue weighted by atomic mass is 19.1. The highest BCUT2D eigenvalue weighted by Crippen LogP contribution is 2.45. The lowest BCUT2D eigenvalue weighted by atomic mass is 9.72. The fourth-order valence-electron chi connectivity index (χ4n) is 6.81. The van der Waals surface area contributed by atoms with Gasteiger partial charge in [0, 0.05) is 30.1 Å². The smallest absolute Gasteiger partial charge is 0.303 e. The van der Waals surface area contributed by atoms with Crippen LogP contribution in [0.1, 0.15) is 67.8 Å². The first kappa shape index (κ1) is 25.6. The summed E-state index contributed by atoms with van der Waals surface area (Å²) in [5, 5.41) is 12.0. The van der Waals surface area contributed by atoms with Crippen molar-refractivity contribution in [3.05, 3.63) is 52.3 Å². The number of carboxylic acid groups (broad SMARTS) is 1. The van der Waals surface area contributed by atoms with Gasteiger partial charge < -0.3 is 24.8 Å². The predicted molar refractivity (Wildman–Crippen MR) is 140 cm³/mol. The maximum atomic E-state index is 15.2. The number of amides is 2. The number of halogens is 1. The number of carbonyl (C=O) groups is 3. The van der Waals surface area contributed by atoms with Crippen molar-refractivity contribution < 1.29 is 33.4 Å². The SMILES string of the molecule is CC1(C)CCc2cc(NC(=O)[C@H]3c4ccc5c(c4CCN3C(=O)C3CC(CC(=O)O)C3)OCCO5)cc(F)c21. The Labute approximate surface area is 226 Å². The molecule has 6 rings (SSSR count). The van der Waals surface area contributed by atoms with Crippen LogP contribution in [0.5, 0.6) is 11.5 Å². The first-order valence-electron chi connectivity index (χ1n) is 13.7. The molecule has 2 aromatic rings. The highest BCUT2D eigenvalue weighted by molar-refractivity contribution is 5.99. The summed E-state index contributed by atoms with van der Waals surface area (Å²) < 4.78 is 26.8. The summed E-state index contributed by atoms with van der Waals surface area (Å²) in [4.78, 5) is 40.2. The average Bonchev–Trinajstić information content (AvgIpc) is 3.18. The van der Waals surface area contributed by atoms with Gasteiger partial charge in [-0.1, -0.05) is 19.9 Å². The topological polar surface area (TPSA) is 105 Å². The lowest BCUT2D eigenvalue weighted by molar-refractivity contribution is -0.149. The Balaban J connectivity index is 1.31. The normalized spacial score (nSPS) is 24.3. The van der Waals surface area contributed by atoms with Crippen molar-refractivity contribution in [1.82, 2.24) is 4.90 Å². The lowest BCUT2D eigenvalue weighted by Gasteiger charge is -2.42. The van der Waals surface area contributed by atoms with Gasteiger partial charge in [0.05, 0.1) is 0 Å². The molecule has 0 saturated heterocycles. The van der Waals surface area contributed by atoms with Crippen molar-refractivity contribution in [2.75, 3.05) is 25.1 Å². The molecule has 206 valence electrons. The molecule has 2 N–H and O–H groups in total. The number of anilines is 1. The first-order valence-corrected chi connectivity index (χ1v) is 13.7. The van der Waals surface area contributed by atoms with Gasteiger partial charge in [0.25, 0.3) is 5.91 Å². The molecule has 0 unspecified atom stereocenters. The van der Waals surface area contributed by atoms with Gasteiger partial charge in [-0.2, -0.15) is 0 Å². The van der Waals surface area contributed by atoms with E-state index in [4.69, 9.17) is 14.6 Å². The molecule has 39 heavy (non-hydrogen) atoms. The summed E-state index contributed by atoms with van der Waals surface area (Å²) >= 11 is 0. The highest BCUT2D eigenvalue weighted by Gasteiger charge is 2.44. The van der Waals surface area contributed by atoms with Gasteiger partial charge >= 0.3 is 5.97 Å². The number of ether oxygens (including phenoxy) is 2. The number of carboxylic acids is 1. The van der Waals surface area contributed by atoms with E-state index < -0.39 is 17.9 Å². The van der Waals surface area contributed by atoms with Gasteiger partial charge in [0.15, 0.2) is 11.5 Å². The van der Waals surface area contributed by atoms with Crippen molar-refractivity contribution in [3.8, 4) is 11.5 Å². The van der Waals surface area contributed by atoms with Crippen molar-refractivity contribution in [3.63, 3.8) is 0 Å². The fraction of sp³-hybridized carbons (Fsp3) is 0.500. The Morgan fingerprint density at radius 1 is 1.13 bits per heavy atom. The molecule has 1 atom stereocenters. The van der Waals surface area contributed by atoms with Crippen LogP contribution in [-0.4, -0.2) is 47.5 Å². The van der Waals surface area contributed by atoms with Gasteiger partial charge in [-0.3, -0.25) is 14.4 Å². The molecule has 2 aromatic carbocycles. The second-order valence-corrected chi connectivity index (χ2v) is 11.8. The van der Waals surface area contributed by atoms with E-state index in [9.17, 15) is 14.4 Å². The summed E-state index contributed by atoms with van der Waals surface area (Å²) in [5.41, 5.74) is 3.22. The maximum Gasteiger partial charge on any atom is 0.303 e. The third kappa shape index (κ3) is 4.51. The number of aliphatic carboxylic acids is 1. The molecule has 0 spiro atoms. The Kier molecular flexibility index (Phi) is 6.27. The monoisotopic (exact) mass is 536 g/mol. The molecule has 0 radical (unpaired) electrons. The minimum absolute atomic E-state index is 0.0305. The van der Waals surface area contributed by atoms with Gasteiger partial charge in [-0.15, -0.1) is 0 Å². The molecule has 9 heteroatoms. The minimum atomic E-state index is -0.927. The maximum absolute atomic E-state index is 15.2. The molecule has 4 aliphatic rings. The Bertz CT molecular complexity index is 1370. The summed E-state index contributed by atoms with van der Waals surface area (Å²) in [6.07, 6.45) is 3.12. The number of carbonyl (C=O) groups excluding carboxylic acids is 2. The average molecular weight is 537 g/mol. The molecule has 2 aliphatic heterocycles. The molecular formula is C30H33FN2O6. The molecular weight excluding hydrogens is 503 g/mol. The lowest BCUT2D eigenvalue weighted by Crippen LogP contribution is -2.50. The van der Waals surface area contributed by atoms with Crippen LogP contribution in [0.15, 0.2) is 24.3 Å². The van der Waals surface area contributed by atoms with Gasteiger partial charge in [-0.25, -0.2) is 4.39 Å². The quantitative estimate of drug-likeness (QED) is 0.588. The van der Waals surface area contributed by atoms with E-state index in [0.29, 0.717) is 67.3 Å². The Hall–Kier alpha value is -3.62. The summed E-state index contributed by atoms with van der Waals surface area (Å²) in [5.74, 6) is -0.886. The van der Waals surface area contributed by atoms with Crippen LogP contribution in [0, 0.1) is 17.7 Å². The van der Waals surface area contributed by atoms with Crippen LogP contribution < -0.4 is 14.8 Å². The third-order valence-electron chi connectivity index (χ3n) is 8.77. The zero-order valence-electron chi connectivity index (χ0n) is 22.2. The number of rotatable bonds is 5. The Morgan fingerprint density at radius 2 is 1.90 bits per heavy atom. The summed E-state index contributed by atoms with van der Waals surface area (Å²) in [6, 6.07) is 5.86. The summed E-state index contributed by atoms with van der Waals surface area (Å²) in [7, 11) is 0. The van der Waals surface area contributed by atoms with Crippen molar-refractivity contribution in [2.45, 2.75) is 63.8 Å². The van der Waals surface area contributed by atoms with Gasteiger partial charge in [-0.05, 0) is 78.3 Å². The molecule has 2 heterocycles. The number of aryl methyl sites for hydroxylation is 1. The van der Waals surface area contributed by atoms with Crippen LogP contribution in [0.25, 0.3) is 0 Å². The van der Waals surface area contributed by atoms with E-state index in [1.165, 1.54) is 6.07 Å². The van der Waals surface area contributed by atoms with Crippen molar-refractivity contribution >= 4 is 23.5 Å². The second-order valence-electron chi connectivity index (χ2n) is 11.8. The van der Waals surface area contributed by atoms with Crippen LogP contribution in [0.2, 0.25) is 0 Å². The van der Waals surface area contributed by atoms with Crippen LogP contribution in [0.3, 0.4) is 0 Å². The molecule has 1 saturated carbocycles. The summed E-state index contributed by atoms with van der Waals surface area (Å²) in [6.45, 7) is 5.21. The van der Waals surface area contributed by atoms with E-state index in [1.54, 1.807) is 11.0 Å². The number of nitrogens with zero attached hydrogens (tertiary/aromatic N) is 1.